The first kappa shape index (κ1) is 56.4. The highest BCUT2D eigenvalue weighted by Crippen LogP contribution is 2.39. The zero-order valence-electron chi connectivity index (χ0n) is 37.3. The molecule has 0 aromatic heterocycles. The van der Waals surface area contributed by atoms with Crippen LogP contribution in [0.4, 0.5) is 9.59 Å². The highest BCUT2D eigenvalue weighted by molar-refractivity contribution is 6.35. The van der Waals surface area contributed by atoms with E-state index in [0.717, 1.165) is 22.3 Å². The summed E-state index contributed by atoms with van der Waals surface area (Å²) in [6.45, 7) is 3.94. The number of carbonyl (C=O) groups is 2. The first-order valence-electron chi connectivity index (χ1n) is 20.9. The van der Waals surface area contributed by atoms with Crippen LogP contribution >= 0.6 is 81.2 Å². The fraction of sp³-hybridized carbons (Fsp3) is 0.0909. The van der Waals surface area contributed by atoms with Crippen LogP contribution in [0.15, 0.2) is 170 Å². The molecule has 8 aromatic rings. The smallest absolute Gasteiger partial charge is 0.504 e. The van der Waals surface area contributed by atoms with Crippen molar-refractivity contribution in [3.63, 3.8) is 0 Å². The molecule has 0 atom stereocenters. The number of ether oxygens (including phenoxy) is 7. The summed E-state index contributed by atoms with van der Waals surface area (Å²) >= 11 is 41.6. The Labute approximate surface area is 451 Å². The lowest BCUT2D eigenvalue weighted by Gasteiger charge is -2.13. The lowest BCUT2D eigenvalue weighted by Crippen LogP contribution is -2.11. The van der Waals surface area contributed by atoms with Crippen LogP contribution in [-0.4, -0.2) is 17.4 Å². The maximum absolute atomic E-state index is 12.1. The summed E-state index contributed by atoms with van der Waals surface area (Å²) in [5.74, 6) is 2.80. The van der Waals surface area contributed by atoms with Crippen LogP contribution in [0.2, 0.25) is 35.2 Å². The fourth-order valence-corrected chi connectivity index (χ4v) is 7.30. The summed E-state index contributed by atoms with van der Waals surface area (Å²) < 4.78 is 38.0. The average molecular weight is 1110 g/mol. The van der Waals surface area contributed by atoms with E-state index in [1.165, 1.54) is 18.2 Å². The molecule has 0 aliphatic heterocycles. The number of rotatable bonds is 12. The van der Waals surface area contributed by atoms with Gasteiger partial charge in [-0.1, -0.05) is 149 Å². The van der Waals surface area contributed by atoms with Gasteiger partial charge in [-0.3, -0.25) is 0 Å². The van der Waals surface area contributed by atoms with Crippen LogP contribution in [0.1, 0.15) is 29.7 Å². The molecule has 8 rings (SSSR count). The first-order valence-corrected chi connectivity index (χ1v) is 23.6. The highest BCUT2D eigenvalue weighted by Gasteiger charge is 2.17. The van der Waals surface area contributed by atoms with Gasteiger partial charge in [0.25, 0.3) is 0 Å². The van der Waals surface area contributed by atoms with Gasteiger partial charge in [-0.05, 0) is 127 Å². The van der Waals surface area contributed by atoms with Crippen LogP contribution in [0.25, 0.3) is 0 Å². The molecule has 1 N–H and O–H groups in total. The lowest BCUT2D eigenvalue weighted by molar-refractivity contribution is 0.0910. The second-order valence-corrected chi connectivity index (χ2v) is 17.8. The number of hydrogen-bond acceptors (Lipinski definition) is 10. The largest absolute Gasteiger partial charge is 0.514 e. The molecule has 372 valence electrons. The van der Waals surface area contributed by atoms with Gasteiger partial charge in [-0.2, -0.15) is 0 Å². The minimum atomic E-state index is -0.881. The second kappa shape index (κ2) is 28.0. The first-order chi connectivity index (χ1) is 34.1. The number of hydrogen-bond donors (Lipinski definition) is 1. The molecule has 0 aliphatic carbocycles. The molecule has 0 fully saturated rings. The Hall–Kier alpha value is -6.47. The van der Waals surface area contributed by atoms with E-state index in [2.05, 4.69) is 0 Å². The standard InChI is InChI=1S/C21H16Cl2O4.C20H13Cl3O4.C13H10Cl2O2.CH4/c1-14-11-16(22)7-9-18(14)26-19-10-8-17(23)12-20(19)27-21(24)25-13-15-5-3-2-4-6-15;21-14-6-8-17(16(23)10-14)26-18-9-7-15(22)11-19(18)27-20(24)25-12-13-4-2-1-3-5-13;1-8-6-9(14)2-4-12(8)17-13-5-3-10(15)7-11(13)16;/h2-12H,13H2,1H3;1-11H,12H2;2-7,16H,1H3;1H4. The normalized spacial score (nSPS) is 10.2. The molecule has 8 aromatic carbocycles. The van der Waals surface area contributed by atoms with E-state index in [0.29, 0.717) is 63.9 Å². The third-order valence-electron chi connectivity index (χ3n) is 9.35. The van der Waals surface area contributed by atoms with E-state index < -0.39 is 12.3 Å². The highest BCUT2D eigenvalue weighted by atomic mass is 35.5. The summed E-state index contributed by atoms with van der Waals surface area (Å²) in [5, 5.41) is 12.9. The van der Waals surface area contributed by atoms with Crippen molar-refractivity contribution in [1.82, 2.24) is 0 Å². The van der Waals surface area contributed by atoms with Gasteiger partial charge in [0.05, 0.1) is 5.02 Å². The quantitative estimate of drug-likeness (QED) is 0.0935. The minimum Gasteiger partial charge on any atom is -0.504 e. The van der Waals surface area contributed by atoms with Gasteiger partial charge in [0.1, 0.15) is 30.5 Å². The maximum Gasteiger partial charge on any atom is 0.514 e. The van der Waals surface area contributed by atoms with E-state index in [1.54, 1.807) is 91.0 Å². The Kier molecular flexibility index (Phi) is 21.9. The number of benzene rings is 8. The molecule has 17 heteroatoms. The van der Waals surface area contributed by atoms with E-state index in [1.807, 2.05) is 74.5 Å². The zero-order valence-corrected chi connectivity index (χ0v) is 42.6. The molecule has 72 heavy (non-hydrogen) atoms. The molecule has 0 amide bonds. The third-order valence-corrected chi connectivity index (χ3v) is 11.1. The van der Waals surface area contributed by atoms with E-state index in [-0.39, 0.29) is 43.6 Å². The topological polar surface area (TPSA) is 119 Å². The number of halogens is 7. The number of aromatic hydroxyl groups is 1. The van der Waals surface area contributed by atoms with Gasteiger partial charge in [0.2, 0.25) is 0 Å². The molecule has 10 nitrogen and oxygen atoms in total. The molecule has 0 saturated heterocycles. The summed E-state index contributed by atoms with van der Waals surface area (Å²) in [6, 6.07) is 47.9. The molecule has 0 spiro atoms. The van der Waals surface area contributed by atoms with Crippen molar-refractivity contribution in [2.45, 2.75) is 34.5 Å². The Morgan fingerprint density at radius 1 is 0.389 bits per heavy atom. The van der Waals surface area contributed by atoms with Gasteiger partial charge in [0, 0.05) is 48.3 Å². The molecule has 0 aliphatic rings. The van der Waals surface area contributed by atoms with Crippen molar-refractivity contribution < 1.29 is 47.9 Å². The van der Waals surface area contributed by atoms with Crippen molar-refractivity contribution in [3.8, 4) is 51.7 Å². The molecule has 0 unspecified atom stereocenters. The summed E-state index contributed by atoms with van der Waals surface area (Å²) in [6.07, 6.45) is -1.73. The van der Waals surface area contributed by atoms with Gasteiger partial charge >= 0.3 is 12.3 Å². The average Bonchev–Trinajstić information content (AvgIpc) is 3.33. The molecule has 0 heterocycles. The molecule has 0 bridgehead atoms. The minimum absolute atomic E-state index is 0. The van der Waals surface area contributed by atoms with Crippen molar-refractivity contribution in [2.75, 3.05) is 0 Å². The molecule has 0 saturated carbocycles. The lowest BCUT2D eigenvalue weighted by atomic mass is 10.2. The van der Waals surface area contributed by atoms with Crippen LogP contribution < -0.4 is 23.7 Å². The summed E-state index contributed by atoms with van der Waals surface area (Å²) in [4.78, 5) is 24.1. The van der Waals surface area contributed by atoms with E-state index in [9.17, 15) is 14.7 Å². The Balaban J connectivity index is 0.000000205. The van der Waals surface area contributed by atoms with E-state index >= 15 is 0 Å². The van der Waals surface area contributed by atoms with Crippen LogP contribution in [0, 0.1) is 13.8 Å². The SMILES string of the molecule is C.Cc1cc(Cl)ccc1Oc1ccc(Cl)cc1O.Cc1cc(Cl)ccc1Oc1ccc(Cl)cc1OC(=O)OCc1ccccc1.O=C(OCc1ccccc1)Oc1cc(Cl)ccc1Oc1ccc(Cl)cc1Cl. The predicted molar refractivity (Wildman–Crippen MR) is 286 cm³/mol. The van der Waals surface area contributed by atoms with Gasteiger partial charge in [-0.15, -0.1) is 0 Å². The number of phenolic OH excluding ortho intramolecular Hbond substituents is 1. The Bertz CT molecular complexity index is 2880. The number of phenols is 1. The fourth-order valence-electron chi connectivity index (χ4n) is 5.91. The van der Waals surface area contributed by atoms with Gasteiger partial charge in [0.15, 0.2) is 34.5 Å². The van der Waals surface area contributed by atoms with Crippen molar-refractivity contribution in [1.29, 1.82) is 0 Å². The summed E-state index contributed by atoms with van der Waals surface area (Å²) in [7, 11) is 0. The van der Waals surface area contributed by atoms with E-state index in [4.69, 9.17) is 114 Å². The summed E-state index contributed by atoms with van der Waals surface area (Å²) in [5.41, 5.74) is 3.43. The zero-order chi connectivity index (χ0) is 50.9. The molecule has 0 radical (unpaired) electrons. The van der Waals surface area contributed by atoms with Gasteiger partial charge < -0.3 is 38.3 Å². The van der Waals surface area contributed by atoms with Crippen molar-refractivity contribution in [3.05, 3.63) is 227 Å². The number of aryl methyl sites for hydroxylation is 2. The maximum atomic E-state index is 12.1. The van der Waals surface area contributed by atoms with Crippen LogP contribution in [0.3, 0.4) is 0 Å². The Morgan fingerprint density at radius 2 is 0.722 bits per heavy atom. The van der Waals surface area contributed by atoms with Crippen LogP contribution in [-0.2, 0) is 22.7 Å². The third kappa shape index (κ3) is 18.0. The van der Waals surface area contributed by atoms with Gasteiger partial charge in [-0.25, -0.2) is 9.59 Å². The van der Waals surface area contributed by atoms with Crippen molar-refractivity contribution in [2.24, 2.45) is 0 Å². The monoisotopic (exact) mass is 1110 g/mol. The van der Waals surface area contributed by atoms with Crippen molar-refractivity contribution >= 4 is 93.5 Å². The Morgan fingerprint density at radius 3 is 1.12 bits per heavy atom. The molecular weight excluding hydrogens is 1070 g/mol. The second-order valence-electron chi connectivity index (χ2n) is 14.7. The van der Waals surface area contributed by atoms with Crippen LogP contribution in [0.5, 0.6) is 51.7 Å². The molecular formula is C55H43Cl7O10. The number of carbonyl (C=O) groups excluding carboxylic acids is 2. The predicted octanol–water partition coefficient (Wildman–Crippen LogP) is 19.4.